The van der Waals surface area contributed by atoms with Crippen molar-refractivity contribution in [1.82, 2.24) is 4.90 Å². The maximum absolute atomic E-state index is 13.4. The Morgan fingerprint density at radius 1 is 1.10 bits per heavy atom. The summed E-state index contributed by atoms with van der Waals surface area (Å²) < 4.78 is 13.4. The predicted octanol–water partition coefficient (Wildman–Crippen LogP) is 5.03. The lowest BCUT2D eigenvalue weighted by molar-refractivity contribution is -0.117. The first kappa shape index (κ1) is 20.8. The van der Waals surface area contributed by atoms with Crippen LogP contribution in [0.4, 0.5) is 20.6 Å². The van der Waals surface area contributed by atoms with E-state index in [4.69, 9.17) is 0 Å². The van der Waals surface area contributed by atoms with Crippen LogP contribution in [0.1, 0.15) is 39.2 Å². The minimum absolute atomic E-state index is 0.0273. The molecule has 2 aromatic rings. The monoisotopic (exact) mass is 397 g/mol. The summed E-state index contributed by atoms with van der Waals surface area (Å²) in [6, 6.07) is 13.6. The summed E-state index contributed by atoms with van der Waals surface area (Å²) in [6.45, 7) is 7.72. The van der Waals surface area contributed by atoms with E-state index in [9.17, 15) is 14.0 Å². The van der Waals surface area contributed by atoms with Crippen molar-refractivity contribution in [2.75, 3.05) is 23.3 Å². The number of carbonyl (C=O) groups is 2. The van der Waals surface area contributed by atoms with E-state index in [1.165, 1.54) is 12.1 Å². The average molecular weight is 397 g/mol. The second-order valence-corrected chi connectivity index (χ2v) is 8.67. The molecular formula is C23H28FN3O2. The van der Waals surface area contributed by atoms with Gasteiger partial charge in [0.25, 0.3) is 0 Å². The van der Waals surface area contributed by atoms with Crippen molar-refractivity contribution in [1.29, 1.82) is 0 Å². The molecule has 0 spiro atoms. The molecule has 0 atom stereocenters. The first-order valence-electron chi connectivity index (χ1n) is 9.92. The average Bonchev–Trinajstić information content (AvgIpc) is 2.63. The molecule has 0 radical (unpaired) electrons. The largest absolute Gasteiger partial charge is 0.326 e. The summed E-state index contributed by atoms with van der Waals surface area (Å²) in [5, 5.41) is 2.90. The van der Waals surface area contributed by atoms with Crippen molar-refractivity contribution in [2.24, 2.45) is 5.41 Å². The number of nitrogens with zero attached hydrogens (tertiary/aromatic N) is 2. The van der Waals surface area contributed by atoms with Gasteiger partial charge in [-0.2, -0.15) is 0 Å². The molecule has 1 aliphatic heterocycles. The number of carbonyl (C=O) groups excluding carboxylic acids is 2. The Labute approximate surface area is 171 Å². The van der Waals surface area contributed by atoms with Gasteiger partial charge in [0.15, 0.2) is 0 Å². The highest BCUT2D eigenvalue weighted by molar-refractivity contribution is 5.94. The van der Waals surface area contributed by atoms with Crippen LogP contribution in [0.3, 0.4) is 0 Å². The fraction of sp³-hybridized carbons (Fsp3) is 0.391. The number of anilines is 2. The molecule has 0 saturated carbocycles. The number of urea groups is 1. The number of benzene rings is 2. The van der Waals surface area contributed by atoms with Crippen LogP contribution >= 0.6 is 0 Å². The maximum atomic E-state index is 13.4. The van der Waals surface area contributed by atoms with Crippen molar-refractivity contribution in [3.63, 3.8) is 0 Å². The fourth-order valence-electron chi connectivity index (χ4n) is 3.44. The van der Waals surface area contributed by atoms with Gasteiger partial charge in [0.05, 0.1) is 0 Å². The highest BCUT2D eigenvalue weighted by atomic mass is 19.1. The van der Waals surface area contributed by atoms with Gasteiger partial charge in [-0.25, -0.2) is 9.18 Å². The Hall–Kier alpha value is -2.89. The highest BCUT2D eigenvalue weighted by Gasteiger charge is 2.27. The van der Waals surface area contributed by atoms with Gasteiger partial charge in [-0.1, -0.05) is 32.9 Å². The van der Waals surface area contributed by atoms with Gasteiger partial charge in [0, 0.05) is 37.4 Å². The molecular weight excluding hydrogens is 369 g/mol. The quantitative estimate of drug-likeness (QED) is 0.769. The van der Waals surface area contributed by atoms with E-state index < -0.39 is 0 Å². The Balaban J connectivity index is 1.65. The van der Waals surface area contributed by atoms with Gasteiger partial charge >= 0.3 is 6.03 Å². The highest BCUT2D eigenvalue weighted by Crippen LogP contribution is 2.24. The van der Waals surface area contributed by atoms with Crippen LogP contribution in [0, 0.1) is 11.2 Å². The Morgan fingerprint density at radius 3 is 2.48 bits per heavy atom. The summed E-state index contributed by atoms with van der Waals surface area (Å²) in [6.07, 6.45) is 1.28. The van der Waals surface area contributed by atoms with Crippen LogP contribution in [-0.4, -0.2) is 29.9 Å². The van der Waals surface area contributed by atoms with E-state index >= 15 is 0 Å². The normalized spacial score (nSPS) is 14.8. The van der Waals surface area contributed by atoms with Gasteiger partial charge in [-0.3, -0.25) is 9.69 Å². The van der Waals surface area contributed by atoms with E-state index in [-0.39, 0.29) is 23.2 Å². The second kappa shape index (κ2) is 8.64. The lowest BCUT2D eigenvalue weighted by Crippen LogP contribution is -2.49. The second-order valence-electron chi connectivity index (χ2n) is 8.67. The summed E-state index contributed by atoms with van der Waals surface area (Å²) in [5.74, 6) is -0.325. The number of hydrogen-bond donors (Lipinski definition) is 1. The van der Waals surface area contributed by atoms with Crippen LogP contribution < -0.4 is 10.2 Å². The zero-order valence-electron chi connectivity index (χ0n) is 17.2. The van der Waals surface area contributed by atoms with Crippen molar-refractivity contribution >= 4 is 23.3 Å². The Morgan fingerprint density at radius 2 is 1.83 bits per heavy atom. The molecule has 5 nitrogen and oxygen atoms in total. The molecule has 0 aromatic heterocycles. The molecule has 1 fully saturated rings. The molecule has 1 saturated heterocycles. The van der Waals surface area contributed by atoms with Gasteiger partial charge in [-0.05, 0) is 53.8 Å². The van der Waals surface area contributed by atoms with E-state index in [0.717, 1.165) is 17.7 Å². The number of nitrogens with one attached hydrogen (secondary N) is 1. The lowest BCUT2D eigenvalue weighted by atomic mass is 9.92. The number of amides is 3. The third-order valence-electron chi connectivity index (χ3n) is 4.73. The van der Waals surface area contributed by atoms with Gasteiger partial charge < -0.3 is 10.2 Å². The van der Waals surface area contributed by atoms with Crippen molar-refractivity contribution in [3.05, 3.63) is 59.9 Å². The van der Waals surface area contributed by atoms with Gasteiger partial charge in [-0.15, -0.1) is 0 Å². The van der Waals surface area contributed by atoms with E-state index in [1.54, 1.807) is 15.9 Å². The first-order chi connectivity index (χ1) is 13.7. The third-order valence-corrected chi connectivity index (χ3v) is 4.73. The van der Waals surface area contributed by atoms with Crippen LogP contribution in [-0.2, 0) is 11.3 Å². The third kappa shape index (κ3) is 5.79. The van der Waals surface area contributed by atoms with E-state index in [1.807, 2.05) is 51.1 Å². The maximum Gasteiger partial charge on any atom is 0.324 e. The summed E-state index contributed by atoms with van der Waals surface area (Å²) >= 11 is 0. The minimum Gasteiger partial charge on any atom is -0.326 e. The first-order valence-corrected chi connectivity index (χ1v) is 9.92. The van der Waals surface area contributed by atoms with Crippen LogP contribution in [0.25, 0.3) is 0 Å². The molecule has 0 unspecified atom stereocenters. The van der Waals surface area contributed by atoms with Crippen molar-refractivity contribution in [3.8, 4) is 0 Å². The van der Waals surface area contributed by atoms with E-state index in [2.05, 4.69) is 5.32 Å². The van der Waals surface area contributed by atoms with Crippen molar-refractivity contribution in [2.45, 2.75) is 40.2 Å². The zero-order valence-corrected chi connectivity index (χ0v) is 17.2. The van der Waals surface area contributed by atoms with Gasteiger partial charge in [0.1, 0.15) is 5.82 Å². The lowest BCUT2D eigenvalue weighted by Gasteiger charge is -2.35. The number of hydrogen-bond acceptors (Lipinski definition) is 2. The van der Waals surface area contributed by atoms with Crippen LogP contribution in [0.15, 0.2) is 48.5 Å². The number of halogens is 1. The smallest absolute Gasteiger partial charge is 0.324 e. The SMILES string of the molecule is CC(C)(C)CC(=O)Nc1ccc(N2CCCN(Cc3cccc(F)c3)C2=O)cc1. The Kier molecular flexibility index (Phi) is 6.20. The predicted molar refractivity (Wildman–Crippen MR) is 113 cm³/mol. The van der Waals surface area contributed by atoms with Crippen LogP contribution in [0.5, 0.6) is 0 Å². The van der Waals surface area contributed by atoms with Crippen molar-refractivity contribution < 1.29 is 14.0 Å². The molecule has 2 aromatic carbocycles. The molecule has 0 bridgehead atoms. The standard InChI is InChI=1S/C23H28FN3O2/c1-23(2,3)15-21(28)25-19-8-10-20(11-9-19)27-13-5-12-26(22(27)29)16-17-6-4-7-18(24)14-17/h4,6-11,14H,5,12-13,15-16H2,1-3H3,(H,25,28). The summed E-state index contributed by atoms with van der Waals surface area (Å²) in [5.41, 5.74) is 2.20. The summed E-state index contributed by atoms with van der Waals surface area (Å²) in [4.78, 5) is 28.5. The Bertz CT molecular complexity index is 874. The fourth-order valence-corrected chi connectivity index (χ4v) is 3.44. The molecule has 1 heterocycles. The van der Waals surface area contributed by atoms with Gasteiger partial charge in [0.2, 0.25) is 5.91 Å². The summed E-state index contributed by atoms with van der Waals surface area (Å²) in [7, 11) is 0. The van der Waals surface area contributed by atoms with E-state index in [0.29, 0.717) is 31.7 Å². The molecule has 1 N–H and O–H groups in total. The molecule has 29 heavy (non-hydrogen) atoms. The van der Waals surface area contributed by atoms with Crippen LogP contribution in [0.2, 0.25) is 0 Å². The molecule has 3 rings (SSSR count). The molecule has 3 amide bonds. The minimum atomic E-state index is -0.298. The molecule has 0 aliphatic carbocycles. The zero-order chi connectivity index (χ0) is 21.0. The molecule has 154 valence electrons. The molecule has 6 heteroatoms. The number of rotatable bonds is 5. The molecule has 1 aliphatic rings. The topological polar surface area (TPSA) is 52.7 Å².